The van der Waals surface area contributed by atoms with Crippen LogP contribution < -0.4 is 20.1 Å². The lowest BCUT2D eigenvalue weighted by Crippen LogP contribution is -2.34. The highest BCUT2D eigenvalue weighted by Crippen LogP contribution is 2.47. The number of rotatable bonds is 7. The number of carbonyl (C=O) groups is 3. The Morgan fingerprint density at radius 2 is 1.82 bits per heavy atom. The molecule has 1 aliphatic heterocycles. The largest absolute Gasteiger partial charge is 0.454 e. The fraction of sp³-hybridized carbons (Fsp3) is 0.318. The van der Waals surface area contributed by atoms with Crippen LogP contribution in [0.2, 0.25) is 5.02 Å². The summed E-state index contributed by atoms with van der Waals surface area (Å²) < 4.78 is 16.7. The number of esters is 1. The molecule has 11 nitrogen and oxygen atoms in total. The van der Waals surface area contributed by atoms with Crippen molar-refractivity contribution in [3.8, 4) is 11.5 Å². The van der Waals surface area contributed by atoms with E-state index in [-0.39, 0.29) is 10.6 Å². The Bertz CT molecular complexity index is 1160. The summed E-state index contributed by atoms with van der Waals surface area (Å²) in [7, 11) is 0. The fourth-order valence-corrected chi connectivity index (χ4v) is 3.92. The molecule has 1 fully saturated rings. The Hall–Kier alpha value is -3.86. The zero-order chi connectivity index (χ0) is 24.3. The number of halogens is 1. The summed E-state index contributed by atoms with van der Waals surface area (Å²) in [6, 6.07) is 8.50. The van der Waals surface area contributed by atoms with Gasteiger partial charge in [-0.1, -0.05) is 11.6 Å². The van der Waals surface area contributed by atoms with Crippen molar-refractivity contribution in [2.75, 3.05) is 18.5 Å². The second-order valence-electron chi connectivity index (χ2n) is 7.80. The number of amides is 2. The van der Waals surface area contributed by atoms with E-state index in [0.717, 1.165) is 31.7 Å². The number of nitrogens with zero attached hydrogens (tertiary/aromatic N) is 1. The number of nitro groups is 1. The lowest BCUT2D eigenvalue weighted by molar-refractivity contribution is -0.384. The van der Waals surface area contributed by atoms with E-state index >= 15 is 0 Å². The van der Waals surface area contributed by atoms with Crippen molar-refractivity contribution < 1.29 is 33.5 Å². The van der Waals surface area contributed by atoms with Gasteiger partial charge in [0.2, 0.25) is 0 Å². The number of hydrogen-bond acceptors (Lipinski definition) is 8. The third-order valence-electron chi connectivity index (χ3n) is 5.35. The maximum Gasteiger partial charge on any atom is 0.325 e. The summed E-state index contributed by atoms with van der Waals surface area (Å²) >= 11 is 5.71. The number of nitrogens with one attached hydrogen (secondary N) is 2. The van der Waals surface area contributed by atoms with Crippen molar-refractivity contribution >= 4 is 40.8 Å². The molecule has 0 aromatic heterocycles. The van der Waals surface area contributed by atoms with Crippen molar-refractivity contribution in [1.29, 1.82) is 0 Å². The van der Waals surface area contributed by atoms with Gasteiger partial charge in [-0.15, -0.1) is 0 Å². The van der Waals surface area contributed by atoms with Crippen LogP contribution in [-0.2, 0) is 14.3 Å². The molecule has 1 saturated carbocycles. The van der Waals surface area contributed by atoms with Crippen molar-refractivity contribution in [3.05, 3.63) is 57.1 Å². The van der Waals surface area contributed by atoms with E-state index < -0.39 is 47.3 Å². The summed E-state index contributed by atoms with van der Waals surface area (Å²) in [5.41, 5.74) is -0.0320. The minimum absolute atomic E-state index is 0.0520. The summed E-state index contributed by atoms with van der Waals surface area (Å²) in [6.07, 6.45) is 3.68. The van der Waals surface area contributed by atoms with E-state index in [9.17, 15) is 24.5 Å². The van der Waals surface area contributed by atoms with E-state index in [4.69, 9.17) is 25.8 Å². The summed E-state index contributed by atoms with van der Waals surface area (Å²) in [5.74, 6) is -1.62. The molecule has 2 N–H and O–H groups in total. The van der Waals surface area contributed by atoms with Crippen LogP contribution in [0.1, 0.15) is 36.0 Å². The highest BCUT2D eigenvalue weighted by atomic mass is 35.5. The molecule has 0 unspecified atom stereocenters. The first-order valence-electron chi connectivity index (χ1n) is 10.4. The molecule has 2 aliphatic rings. The van der Waals surface area contributed by atoms with Crippen LogP contribution in [0.4, 0.5) is 11.4 Å². The van der Waals surface area contributed by atoms with Crippen molar-refractivity contribution in [2.24, 2.45) is 0 Å². The van der Waals surface area contributed by atoms with Crippen LogP contribution >= 0.6 is 11.6 Å². The Kier molecular flexibility index (Phi) is 6.55. The van der Waals surface area contributed by atoms with Crippen molar-refractivity contribution in [3.63, 3.8) is 0 Å². The van der Waals surface area contributed by atoms with E-state index in [1.807, 2.05) is 0 Å². The highest BCUT2D eigenvalue weighted by molar-refractivity contribution is 6.32. The Labute approximate surface area is 198 Å². The molecule has 0 bridgehead atoms. The van der Waals surface area contributed by atoms with Gasteiger partial charge < -0.3 is 24.8 Å². The quantitative estimate of drug-likeness (QED) is 0.342. The molecule has 4 rings (SSSR count). The van der Waals surface area contributed by atoms with Crippen molar-refractivity contribution in [1.82, 2.24) is 5.32 Å². The standard InChI is InChI=1S/C22H20ClN3O8/c23-15-5-3-13(9-16(15)26(30)31)21(29)24-11-20(28)32-12-19(27)25-14-4-6-17-18(10-14)34-22(33-17)7-1-2-8-22/h3-6,9-10H,1-2,7-8,11-12H2,(H,24,29)(H,25,27). The molecule has 178 valence electrons. The number of carbonyl (C=O) groups excluding carboxylic acids is 3. The Balaban J connectivity index is 1.23. The Morgan fingerprint density at radius 3 is 2.56 bits per heavy atom. The molecule has 0 atom stereocenters. The molecule has 1 aliphatic carbocycles. The van der Waals surface area contributed by atoms with E-state index in [2.05, 4.69) is 10.6 Å². The fourth-order valence-electron chi connectivity index (χ4n) is 3.73. The molecular formula is C22H20ClN3O8. The van der Waals surface area contributed by atoms with Crippen LogP contribution in [-0.4, -0.2) is 41.6 Å². The zero-order valence-electron chi connectivity index (χ0n) is 17.8. The number of nitro benzene ring substituents is 1. The Morgan fingerprint density at radius 1 is 1.09 bits per heavy atom. The number of hydrogen-bond donors (Lipinski definition) is 2. The maximum atomic E-state index is 12.1. The summed E-state index contributed by atoms with van der Waals surface area (Å²) in [4.78, 5) is 46.3. The third-order valence-corrected chi connectivity index (χ3v) is 5.67. The average molecular weight is 490 g/mol. The van der Waals surface area contributed by atoms with Gasteiger partial charge in [0.25, 0.3) is 23.3 Å². The van der Waals surface area contributed by atoms with Gasteiger partial charge in [0, 0.05) is 36.2 Å². The van der Waals surface area contributed by atoms with E-state index in [1.54, 1.807) is 18.2 Å². The predicted octanol–water partition coefficient (Wildman–Crippen LogP) is 3.20. The lowest BCUT2D eigenvalue weighted by Gasteiger charge is -2.21. The van der Waals surface area contributed by atoms with Gasteiger partial charge in [0.05, 0.1) is 4.92 Å². The SMILES string of the molecule is O=C(COC(=O)CNC(=O)c1ccc(Cl)c([N+](=O)[O-])c1)Nc1ccc2c(c1)OC1(CCCC1)O2. The molecule has 0 radical (unpaired) electrons. The van der Waals surface area contributed by atoms with Crippen LogP contribution in [0.25, 0.3) is 0 Å². The minimum Gasteiger partial charge on any atom is -0.454 e. The number of fused-ring (bicyclic) bond motifs is 1. The lowest BCUT2D eigenvalue weighted by atomic mass is 10.2. The van der Waals surface area contributed by atoms with Gasteiger partial charge >= 0.3 is 5.97 Å². The topological polar surface area (TPSA) is 146 Å². The summed E-state index contributed by atoms with van der Waals surface area (Å²) in [5, 5.41) is 15.7. The van der Waals surface area contributed by atoms with Gasteiger partial charge in [0.1, 0.15) is 11.6 Å². The van der Waals surface area contributed by atoms with E-state index in [0.29, 0.717) is 17.2 Å². The molecule has 12 heteroatoms. The zero-order valence-corrected chi connectivity index (χ0v) is 18.6. The van der Waals surface area contributed by atoms with Crippen LogP contribution in [0.15, 0.2) is 36.4 Å². The molecule has 2 aromatic carbocycles. The molecular weight excluding hydrogens is 470 g/mol. The second kappa shape index (κ2) is 9.56. The van der Waals surface area contributed by atoms with E-state index in [1.165, 1.54) is 12.1 Å². The first-order chi connectivity index (χ1) is 16.2. The minimum atomic E-state index is -0.860. The van der Waals surface area contributed by atoms with Gasteiger partial charge in [-0.25, -0.2) is 0 Å². The number of benzene rings is 2. The van der Waals surface area contributed by atoms with Gasteiger partial charge in [-0.2, -0.15) is 0 Å². The molecule has 1 heterocycles. The first-order valence-corrected chi connectivity index (χ1v) is 10.8. The summed E-state index contributed by atoms with van der Waals surface area (Å²) in [6.45, 7) is -1.10. The molecule has 34 heavy (non-hydrogen) atoms. The van der Waals surface area contributed by atoms with Crippen LogP contribution in [0.3, 0.4) is 0 Å². The van der Waals surface area contributed by atoms with Crippen LogP contribution in [0, 0.1) is 10.1 Å². The smallest absolute Gasteiger partial charge is 0.325 e. The number of ether oxygens (including phenoxy) is 3. The van der Waals surface area contributed by atoms with Gasteiger partial charge in [0.15, 0.2) is 18.1 Å². The maximum absolute atomic E-state index is 12.1. The highest BCUT2D eigenvalue weighted by Gasteiger charge is 2.44. The monoisotopic (exact) mass is 489 g/mol. The predicted molar refractivity (Wildman–Crippen MR) is 119 cm³/mol. The molecule has 0 saturated heterocycles. The average Bonchev–Trinajstić information content (AvgIpc) is 3.41. The first kappa shape index (κ1) is 23.3. The molecule has 2 amide bonds. The normalized spacial score (nSPS) is 15.1. The molecule has 1 spiro atoms. The van der Waals surface area contributed by atoms with Crippen molar-refractivity contribution in [2.45, 2.75) is 31.5 Å². The number of anilines is 1. The third kappa shape index (κ3) is 5.20. The van der Waals surface area contributed by atoms with Crippen LogP contribution in [0.5, 0.6) is 11.5 Å². The van der Waals surface area contributed by atoms with Gasteiger partial charge in [-0.3, -0.25) is 24.5 Å². The second-order valence-corrected chi connectivity index (χ2v) is 8.21. The van der Waals surface area contributed by atoms with Gasteiger partial charge in [-0.05, 0) is 37.1 Å². The molecule has 2 aromatic rings.